The van der Waals surface area contributed by atoms with E-state index in [2.05, 4.69) is 4.90 Å². The smallest absolute Gasteiger partial charge is 0.264 e. The molecule has 0 N–H and O–H groups in total. The zero-order valence-corrected chi connectivity index (χ0v) is 22.8. The Labute approximate surface area is 223 Å². The molecule has 0 saturated carbocycles. The van der Waals surface area contributed by atoms with Crippen molar-refractivity contribution in [3.63, 3.8) is 0 Å². The number of rotatable bonds is 10. The monoisotopic (exact) mass is 544 g/mol. The predicted octanol–water partition coefficient (Wildman–Crippen LogP) is 4.72. The quantitative estimate of drug-likeness (QED) is 0.366. The first-order valence-electron chi connectivity index (χ1n) is 12.3. The van der Waals surface area contributed by atoms with Gasteiger partial charge in [0.1, 0.15) is 17.3 Å². The number of methoxy groups -OCH3 is 4. The van der Waals surface area contributed by atoms with E-state index >= 15 is 0 Å². The number of benzene rings is 3. The van der Waals surface area contributed by atoms with Gasteiger partial charge in [0.15, 0.2) is 11.5 Å². The van der Waals surface area contributed by atoms with Crippen LogP contribution in [0.15, 0.2) is 65.6 Å². The molecule has 1 saturated heterocycles. The van der Waals surface area contributed by atoms with Gasteiger partial charge in [0, 0.05) is 43.4 Å². The minimum atomic E-state index is -3.99. The highest BCUT2D eigenvalue weighted by atomic mass is 32.2. The van der Waals surface area contributed by atoms with E-state index < -0.39 is 15.8 Å². The normalized spacial score (nSPS) is 14.7. The minimum Gasteiger partial charge on any atom is -0.497 e. The Morgan fingerprint density at radius 1 is 0.816 bits per heavy atom. The van der Waals surface area contributed by atoms with E-state index in [0.29, 0.717) is 49.7 Å². The number of ether oxygens (including phenoxy) is 4. The Hall–Kier alpha value is -3.50. The van der Waals surface area contributed by atoms with Crippen molar-refractivity contribution in [3.8, 4) is 23.0 Å². The van der Waals surface area contributed by atoms with Crippen LogP contribution >= 0.6 is 0 Å². The van der Waals surface area contributed by atoms with Gasteiger partial charge in [-0.1, -0.05) is 6.07 Å². The van der Waals surface area contributed by atoms with E-state index in [0.717, 1.165) is 29.2 Å². The second-order valence-corrected chi connectivity index (χ2v) is 10.8. The number of sulfonamides is 1. The van der Waals surface area contributed by atoms with E-state index in [-0.39, 0.29) is 10.9 Å². The van der Waals surface area contributed by atoms with Crippen LogP contribution in [0, 0.1) is 5.82 Å². The van der Waals surface area contributed by atoms with E-state index in [1.54, 1.807) is 32.4 Å². The largest absolute Gasteiger partial charge is 0.497 e. The van der Waals surface area contributed by atoms with Gasteiger partial charge in [0.05, 0.1) is 39.0 Å². The fourth-order valence-corrected chi connectivity index (χ4v) is 6.46. The Kier molecular flexibility index (Phi) is 8.63. The number of anilines is 1. The summed E-state index contributed by atoms with van der Waals surface area (Å²) in [4.78, 5) is 2.30. The third-order valence-electron chi connectivity index (χ3n) is 6.77. The van der Waals surface area contributed by atoms with Gasteiger partial charge in [-0.3, -0.25) is 9.21 Å². The molecule has 0 amide bonds. The summed E-state index contributed by atoms with van der Waals surface area (Å²) in [6.45, 7) is 2.03. The third kappa shape index (κ3) is 5.81. The SMILES string of the molecule is COc1ccc(CN2CCC(N(c3ccc(OC)c(OC)c3)S(=O)(=O)c3ccc(F)cc3)CC2)c(OC)c1. The summed E-state index contributed by atoms with van der Waals surface area (Å²) in [5, 5.41) is 0. The second-order valence-electron chi connectivity index (χ2n) is 8.98. The predicted molar refractivity (Wildman–Crippen MR) is 143 cm³/mol. The van der Waals surface area contributed by atoms with Gasteiger partial charge >= 0.3 is 0 Å². The Bertz CT molecular complexity index is 1340. The molecule has 0 spiro atoms. The van der Waals surface area contributed by atoms with Gasteiger partial charge in [-0.15, -0.1) is 0 Å². The van der Waals surface area contributed by atoms with Crippen LogP contribution in [0.4, 0.5) is 10.1 Å². The van der Waals surface area contributed by atoms with Crippen LogP contribution in [-0.4, -0.2) is 60.9 Å². The maximum absolute atomic E-state index is 13.9. The molecular formula is C28H33FN2O6S. The Morgan fingerprint density at radius 2 is 1.47 bits per heavy atom. The molecular weight excluding hydrogens is 511 g/mol. The van der Waals surface area contributed by atoms with Gasteiger partial charge in [-0.2, -0.15) is 0 Å². The molecule has 0 aromatic heterocycles. The highest BCUT2D eigenvalue weighted by Crippen LogP contribution is 2.37. The summed E-state index contributed by atoms with van der Waals surface area (Å²) in [6, 6.07) is 15.4. The first-order chi connectivity index (χ1) is 18.3. The lowest BCUT2D eigenvalue weighted by molar-refractivity contribution is 0.204. The van der Waals surface area contributed by atoms with Gasteiger partial charge < -0.3 is 18.9 Å². The Balaban J connectivity index is 1.61. The molecule has 8 nitrogen and oxygen atoms in total. The maximum Gasteiger partial charge on any atom is 0.264 e. The van der Waals surface area contributed by atoms with Gasteiger partial charge in [-0.25, -0.2) is 12.8 Å². The molecule has 0 radical (unpaired) electrons. The summed E-state index contributed by atoms with van der Waals surface area (Å²) < 4.78 is 64.5. The molecule has 1 heterocycles. The van der Waals surface area contributed by atoms with Gasteiger partial charge in [0.2, 0.25) is 0 Å². The van der Waals surface area contributed by atoms with Crippen molar-refractivity contribution in [3.05, 3.63) is 72.0 Å². The molecule has 1 fully saturated rings. The van der Waals surface area contributed by atoms with Crippen molar-refractivity contribution in [2.75, 3.05) is 45.8 Å². The fraction of sp³-hybridized carbons (Fsp3) is 0.357. The molecule has 0 atom stereocenters. The number of piperidine rings is 1. The van der Waals surface area contributed by atoms with Crippen LogP contribution in [0.25, 0.3) is 0 Å². The molecule has 1 aliphatic rings. The summed E-state index contributed by atoms with van der Waals surface area (Å²) in [5.41, 5.74) is 1.49. The standard InChI is InChI=1S/C28H33FN2O6S/c1-34-24-9-5-20(27(18-24)36-3)19-30-15-13-22(14-16-30)31(23-8-12-26(35-2)28(17-23)37-4)38(32,33)25-10-6-21(29)7-11-25/h5-12,17-18,22H,13-16,19H2,1-4H3. The Morgan fingerprint density at radius 3 is 2.08 bits per heavy atom. The van der Waals surface area contributed by atoms with Gasteiger partial charge in [0.25, 0.3) is 10.0 Å². The van der Waals surface area contributed by atoms with E-state index in [4.69, 9.17) is 18.9 Å². The zero-order chi connectivity index (χ0) is 27.3. The number of likely N-dealkylation sites (tertiary alicyclic amines) is 1. The summed E-state index contributed by atoms with van der Waals surface area (Å²) in [6.07, 6.45) is 1.21. The zero-order valence-electron chi connectivity index (χ0n) is 22.0. The van der Waals surface area contributed by atoms with E-state index in [1.165, 1.54) is 30.7 Å². The average Bonchev–Trinajstić information content (AvgIpc) is 2.94. The van der Waals surface area contributed by atoms with Crippen molar-refractivity contribution in [2.45, 2.75) is 30.3 Å². The van der Waals surface area contributed by atoms with E-state index in [9.17, 15) is 12.8 Å². The first-order valence-corrected chi connectivity index (χ1v) is 13.7. The second kappa shape index (κ2) is 11.9. The summed E-state index contributed by atoms with van der Waals surface area (Å²) in [7, 11) is 2.29. The van der Waals surface area contributed by atoms with Crippen molar-refractivity contribution in [2.24, 2.45) is 0 Å². The first kappa shape index (κ1) is 27.5. The molecule has 204 valence electrons. The lowest BCUT2D eigenvalue weighted by atomic mass is 10.0. The number of halogens is 1. The molecule has 3 aromatic carbocycles. The van der Waals surface area contributed by atoms with E-state index in [1.807, 2.05) is 18.2 Å². The molecule has 0 aliphatic carbocycles. The molecule has 38 heavy (non-hydrogen) atoms. The fourth-order valence-electron chi connectivity index (χ4n) is 4.76. The number of hydrogen-bond acceptors (Lipinski definition) is 7. The van der Waals surface area contributed by atoms with Crippen molar-refractivity contribution in [1.82, 2.24) is 4.90 Å². The summed E-state index contributed by atoms with van der Waals surface area (Å²) in [5.74, 6) is 1.90. The van der Waals surface area contributed by atoms with Crippen LogP contribution < -0.4 is 23.3 Å². The van der Waals surface area contributed by atoms with Crippen molar-refractivity contribution in [1.29, 1.82) is 0 Å². The minimum absolute atomic E-state index is 0.0269. The van der Waals surface area contributed by atoms with Gasteiger partial charge in [-0.05, 0) is 55.3 Å². The molecule has 0 unspecified atom stereocenters. The molecule has 10 heteroatoms. The van der Waals surface area contributed by atoms with Crippen LogP contribution in [-0.2, 0) is 16.6 Å². The van der Waals surface area contributed by atoms with Crippen LogP contribution in [0.3, 0.4) is 0 Å². The molecule has 0 bridgehead atoms. The van der Waals surface area contributed by atoms with Crippen LogP contribution in [0.1, 0.15) is 18.4 Å². The lowest BCUT2D eigenvalue weighted by Crippen LogP contribution is -2.47. The topological polar surface area (TPSA) is 77.5 Å². The van der Waals surface area contributed by atoms with Crippen molar-refractivity contribution < 1.29 is 31.8 Å². The maximum atomic E-state index is 13.9. The average molecular weight is 545 g/mol. The van der Waals surface area contributed by atoms with Crippen LogP contribution in [0.2, 0.25) is 0 Å². The van der Waals surface area contributed by atoms with Crippen molar-refractivity contribution >= 4 is 15.7 Å². The highest BCUT2D eigenvalue weighted by Gasteiger charge is 2.35. The lowest BCUT2D eigenvalue weighted by Gasteiger charge is -2.39. The molecule has 4 rings (SSSR count). The third-order valence-corrected chi connectivity index (χ3v) is 8.66. The highest BCUT2D eigenvalue weighted by molar-refractivity contribution is 7.92. The summed E-state index contributed by atoms with van der Waals surface area (Å²) >= 11 is 0. The molecule has 3 aromatic rings. The van der Waals surface area contributed by atoms with Crippen LogP contribution in [0.5, 0.6) is 23.0 Å². The molecule has 1 aliphatic heterocycles. The number of hydrogen-bond donors (Lipinski definition) is 0. The number of nitrogens with zero attached hydrogens (tertiary/aromatic N) is 2.